The van der Waals surface area contributed by atoms with Gasteiger partial charge in [-0.15, -0.1) is 0 Å². The Labute approximate surface area is 160 Å². The molecule has 4 rings (SSSR count). The van der Waals surface area contributed by atoms with Crippen molar-refractivity contribution < 1.29 is 9.53 Å². The number of rotatable bonds is 4. The van der Waals surface area contributed by atoms with Gasteiger partial charge in [0, 0.05) is 57.0 Å². The normalized spacial score (nSPS) is 19.8. The van der Waals surface area contributed by atoms with Crippen LogP contribution in [0.1, 0.15) is 48.5 Å². The van der Waals surface area contributed by atoms with Crippen molar-refractivity contribution >= 4 is 5.91 Å². The lowest BCUT2D eigenvalue weighted by Crippen LogP contribution is -2.32. The van der Waals surface area contributed by atoms with Crippen molar-refractivity contribution in [2.24, 2.45) is 0 Å². The monoisotopic (exact) mass is 366 g/mol. The maximum Gasteiger partial charge on any atom is 0.220 e. The predicted molar refractivity (Wildman–Crippen MR) is 102 cm³/mol. The van der Waals surface area contributed by atoms with E-state index in [9.17, 15) is 4.79 Å². The number of nitrogens with zero attached hydrogens (tertiary/aromatic N) is 4. The van der Waals surface area contributed by atoms with Crippen LogP contribution in [0.3, 0.4) is 0 Å². The summed E-state index contributed by atoms with van der Waals surface area (Å²) in [5, 5.41) is 0. The van der Waals surface area contributed by atoms with Gasteiger partial charge >= 0.3 is 0 Å². The van der Waals surface area contributed by atoms with Gasteiger partial charge in [0.05, 0.1) is 13.2 Å². The number of benzene rings is 1. The van der Waals surface area contributed by atoms with Crippen LogP contribution in [0.4, 0.5) is 0 Å². The van der Waals surface area contributed by atoms with Crippen LogP contribution in [-0.4, -0.2) is 45.9 Å². The molecule has 142 valence electrons. The Morgan fingerprint density at radius 3 is 3.04 bits per heavy atom. The number of fused-ring (bicyclic) bond motifs is 1. The summed E-state index contributed by atoms with van der Waals surface area (Å²) in [5.41, 5.74) is 3.58. The molecule has 6 nitrogen and oxygen atoms in total. The van der Waals surface area contributed by atoms with Crippen LogP contribution < -0.4 is 4.74 Å². The fraction of sp³-hybridized carbons (Fsp3) is 0.476. The fourth-order valence-electron chi connectivity index (χ4n) is 4.13. The molecule has 1 amide bonds. The zero-order valence-electron chi connectivity index (χ0n) is 16.0. The fourth-order valence-corrected chi connectivity index (χ4v) is 4.13. The molecule has 0 spiro atoms. The lowest BCUT2D eigenvalue weighted by Gasteiger charge is -2.29. The number of aromatic nitrogens is 2. The molecule has 0 unspecified atom stereocenters. The van der Waals surface area contributed by atoms with E-state index in [1.807, 2.05) is 23.2 Å². The lowest BCUT2D eigenvalue weighted by molar-refractivity contribution is -0.129. The van der Waals surface area contributed by atoms with E-state index in [0.717, 1.165) is 62.7 Å². The molecule has 0 aliphatic carbocycles. The smallest absolute Gasteiger partial charge is 0.220 e. The van der Waals surface area contributed by atoms with Crippen LogP contribution in [0, 0.1) is 0 Å². The molecule has 3 heterocycles. The van der Waals surface area contributed by atoms with Gasteiger partial charge in [-0.25, -0.2) is 9.97 Å². The highest BCUT2D eigenvalue weighted by atomic mass is 16.5. The zero-order valence-corrected chi connectivity index (χ0v) is 16.0. The first-order chi connectivity index (χ1) is 13.1. The molecule has 1 atom stereocenters. The van der Waals surface area contributed by atoms with Gasteiger partial charge in [0.2, 0.25) is 5.91 Å². The SMILES string of the molecule is COc1cccc(CN2CCc3nc([C@H]4CCCN4C(C)=O)ncc3C2)c1. The average Bonchev–Trinajstić information content (AvgIpc) is 3.18. The van der Waals surface area contributed by atoms with E-state index >= 15 is 0 Å². The molecule has 27 heavy (non-hydrogen) atoms. The Kier molecular flexibility index (Phi) is 5.07. The van der Waals surface area contributed by atoms with Crippen LogP contribution in [0.5, 0.6) is 5.75 Å². The van der Waals surface area contributed by atoms with Crippen molar-refractivity contribution in [3.63, 3.8) is 0 Å². The standard InChI is InChI=1S/C21H26N4O2/c1-15(26)25-9-4-7-20(25)21-22-12-17-14-24(10-8-19(17)23-21)13-16-5-3-6-18(11-16)27-2/h3,5-6,11-12,20H,4,7-10,13-14H2,1-2H3/t20-/m1/s1. The molecule has 0 radical (unpaired) electrons. The Morgan fingerprint density at radius 1 is 1.33 bits per heavy atom. The summed E-state index contributed by atoms with van der Waals surface area (Å²) in [6.45, 7) is 5.16. The van der Waals surface area contributed by atoms with Crippen molar-refractivity contribution in [1.82, 2.24) is 19.8 Å². The quantitative estimate of drug-likeness (QED) is 0.833. The highest BCUT2D eigenvalue weighted by molar-refractivity contribution is 5.74. The molecule has 0 N–H and O–H groups in total. The van der Waals surface area contributed by atoms with E-state index < -0.39 is 0 Å². The number of carbonyl (C=O) groups excluding carboxylic acids is 1. The van der Waals surface area contributed by atoms with Gasteiger partial charge < -0.3 is 9.64 Å². The maximum atomic E-state index is 11.8. The second-order valence-corrected chi connectivity index (χ2v) is 7.38. The highest BCUT2D eigenvalue weighted by Gasteiger charge is 2.31. The first-order valence-corrected chi connectivity index (χ1v) is 9.61. The van der Waals surface area contributed by atoms with Crippen molar-refractivity contribution in [3.8, 4) is 5.75 Å². The van der Waals surface area contributed by atoms with Crippen LogP contribution in [0.2, 0.25) is 0 Å². The first kappa shape index (κ1) is 17.9. The number of amides is 1. The van der Waals surface area contributed by atoms with Crippen LogP contribution >= 0.6 is 0 Å². The van der Waals surface area contributed by atoms with E-state index in [4.69, 9.17) is 9.72 Å². The molecule has 0 saturated carbocycles. The molecule has 0 bridgehead atoms. The van der Waals surface area contributed by atoms with Gasteiger partial charge in [0.1, 0.15) is 5.75 Å². The third kappa shape index (κ3) is 3.81. The van der Waals surface area contributed by atoms with Crippen molar-refractivity contribution in [2.75, 3.05) is 20.2 Å². The minimum Gasteiger partial charge on any atom is -0.497 e. The Balaban J connectivity index is 1.47. The molecule has 1 saturated heterocycles. The van der Waals surface area contributed by atoms with E-state index in [-0.39, 0.29) is 11.9 Å². The van der Waals surface area contributed by atoms with Crippen LogP contribution in [0.25, 0.3) is 0 Å². The van der Waals surface area contributed by atoms with Gasteiger partial charge in [0.25, 0.3) is 0 Å². The van der Waals surface area contributed by atoms with Gasteiger partial charge in [-0.2, -0.15) is 0 Å². The molecular formula is C21H26N4O2. The molecule has 2 aliphatic rings. The summed E-state index contributed by atoms with van der Waals surface area (Å²) in [7, 11) is 1.70. The molecule has 2 aromatic rings. The zero-order chi connectivity index (χ0) is 18.8. The molecular weight excluding hydrogens is 340 g/mol. The van der Waals surface area contributed by atoms with E-state index in [0.29, 0.717) is 0 Å². The largest absolute Gasteiger partial charge is 0.497 e. The Hall–Kier alpha value is -2.47. The Morgan fingerprint density at radius 2 is 2.22 bits per heavy atom. The number of hydrogen-bond donors (Lipinski definition) is 0. The van der Waals surface area contributed by atoms with Gasteiger partial charge in [-0.05, 0) is 30.5 Å². The van der Waals surface area contributed by atoms with E-state index in [1.54, 1.807) is 14.0 Å². The summed E-state index contributed by atoms with van der Waals surface area (Å²) in [6.07, 6.45) is 4.87. The topological polar surface area (TPSA) is 58.6 Å². The van der Waals surface area contributed by atoms with Gasteiger partial charge in [-0.1, -0.05) is 12.1 Å². The molecule has 1 aromatic heterocycles. The van der Waals surface area contributed by atoms with Crippen LogP contribution in [-0.2, 0) is 24.3 Å². The predicted octanol–water partition coefficient (Wildman–Crippen LogP) is 2.73. The van der Waals surface area contributed by atoms with Crippen molar-refractivity contribution in [3.05, 3.63) is 53.1 Å². The number of methoxy groups -OCH3 is 1. The number of likely N-dealkylation sites (tertiary alicyclic amines) is 1. The Bertz CT molecular complexity index is 839. The van der Waals surface area contributed by atoms with Crippen LogP contribution in [0.15, 0.2) is 30.5 Å². The summed E-state index contributed by atoms with van der Waals surface area (Å²) in [5.74, 6) is 1.82. The molecule has 1 aromatic carbocycles. The summed E-state index contributed by atoms with van der Waals surface area (Å²) >= 11 is 0. The number of carbonyl (C=O) groups is 1. The molecule has 1 fully saturated rings. The minimum absolute atomic E-state index is 0.0441. The average molecular weight is 366 g/mol. The molecule has 2 aliphatic heterocycles. The number of hydrogen-bond acceptors (Lipinski definition) is 5. The maximum absolute atomic E-state index is 11.8. The van der Waals surface area contributed by atoms with Crippen molar-refractivity contribution in [1.29, 1.82) is 0 Å². The molecule has 6 heteroatoms. The minimum atomic E-state index is 0.0441. The second-order valence-electron chi connectivity index (χ2n) is 7.38. The van der Waals surface area contributed by atoms with Gasteiger partial charge in [0.15, 0.2) is 5.82 Å². The summed E-state index contributed by atoms with van der Waals surface area (Å²) in [6, 6.07) is 8.27. The van der Waals surface area contributed by atoms with Gasteiger partial charge in [-0.3, -0.25) is 9.69 Å². The third-order valence-electron chi connectivity index (χ3n) is 5.53. The number of ether oxygens (including phenoxy) is 1. The summed E-state index contributed by atoms with van der Waals surface area (Å²) < 4.78 is 5.32. The highest BCUT2D eigenvalue weighted by Crippen LogP contribution is 2.31. The first-order valence-electron chi connectivity index (χ1n) is 9.61. The van der Waals surface area contributed by atoms with E-state index in [2.05, 4.69) is 22.0 Å². The second kappa shape index (κ2) is 7.64. The third-order valence-corrected chi connectivity index (χ3v) is 5.53. The van der Waals surface area contributed by atoms with Crippen molar-refractivity contribution in [2.45, 2.75) is 45.3 Å². The van der Waals surface area contributed by atoms with E-state index in [1.165, 1.54) is 11.1 Å². The lowest BCUT2D eigenvalue weighted by atomic mass is 10.1. The summed E-state index contributed by atoms with van der Waals surface area (Å²) in [4.78, 5) is 25.6.